The van der Waals surface area contributed by atoms with Gasteiger partial charge in [-0.15, -0.1) is 0 Å². The minimum atomic E-state index is -6.29. The lowest BCUT2D eigenvalue weighted by Crippen LogP contribution is -2.58. The third kappa shape index (κ3) is 3.20. The first-order chi connectivity index (χ1) is 7.36. The van der Waals surface area contributed by atoms with E-state index >= 15 is 0 Å². The topological polar surface area (TPSA) is 9.23 Å². The minimum absolute atomic E-state index is 0.656. The minimum Gasteiger partial charge on any atom is -0.315 e. The normalized spacial score (nSPS) is 14.8. The molecule has 0 amide bonds. The van der Waals surface area contributed by atoms with E-state index in [2.05, 4.69) is 4.74 Å². The first kappa shape index (κ1) is 16.4. The predicted molar refractivity (Wildman–Crippen MR) is 41.6 cm³/mol. The maximum absolute atomic E-state index is 12.6. The SMILES string of the molecule is CC(C)COC(F)(F)C(F)(F)C(F)(F)C(F)F. The van der Waals surface area contributed by atoms with E-state index in [9.17, 15) is 35.1 Å². The molecule has 17 heavy (non-hydrogen) atoms. The van der Waals surface area contributed by atoms with Crippen LogP contribution in [0.4, 0.5) is 35.1 Å². The summed E-state index contributed by atoms with van der Waals surface area (Å²) in [5.74, 6) is -13.1. The Morgan fingerprint density at radius 2 is 1.35 bits per heavy atom. The van der Waals surface area contributed by atoms with Crippen LogP contribution in [0.15, 0.2) is 0 Å². The Bertz CT molecular complexity index is 250. The molecule has 0 aliphatic carbocycles. The van der Waals surface area contributed by atoms with Crippen LogP contribution in [0, 0.1) is 5.92 Å². The van der Waals surface area contributed by atoms with E-state index in [0.717, 1.165) is 0 Å². The quantitative estimate of drug-likeness (QED) is 0.670. The Labute approximate surface area is 91.7 Å². The second-order valence-corrected chi connectivity index (χ2v) is 3.72. The zero-order chi connectivity index (χ0) is 14.1. The highest BCUT2D eigenvalue weighted by Gasteiger charge is 2.76. The molecule has 0 aromatic heterocycles. The molecule has 0 bridgehead atoms. The molecule has 0 fully saturated rings. The van der Waals surface area contributed by atoms with Crippen molar-refractivity contribution in [2.75, 3.05) is 6.61 Å². The average molecular weight is 274 g/mol. The van der Waals surface area contributed by atoms with Gasteiger partial charge in [-0.25, -0.2) is 8.78 Å². The molecule has 0 N–H and O–H groups in total. The summed E-state index contributed by atoms with van der Waals surface area (Å²) >= 11 is 0. The van der Waals surface area contributed by atoms with E-state index in [4.69, 9.17) is 0 Å². The van der Waals surface area contributed by atoms with E-state index in [1.807, 2.05) is 0 Å². The third-order valence-corrected chi connectivity index (χ3v) is 1.66. The summed E-state index contributed by atoms with van der Waals surface area (Å²) < 4.78 is 102. The van der Waals surface area contributed by atoms with Crippen molar-refractivity contribution >= 4 is 0 Å². The van der Waals surface area contributed by atoms with Crippen molar-refractivity contribution in [2.45, 2.75) is 38.2 Å². The molecule has 0 saturated carbocycles. The van der Waals surface area contributed by atoms with E-state index < -0.39 is 36.9 Å². The van der Waals surface area contributed by atoms with Gasteiger partial charge in [0.05, 0.1) is 6.61 Å². The van der Waals surface area contributed by atoms with Crippen LogP contribution in [0.5, 0.6) is 0 Å². The molecule has 0 rings (SSSR count). The molecule has 0 aliphatic rings. The van der Waals surface area contributed by atoms with Crippen molar-refractivity contribution in [1.82, 2.24) is 0 Å². The standard InChI is InChI=1S/C8H10F8O/c1-4(2)3-17-8(15,16)7(13,14)6(11,12)5(9)10/h4-5H,3H2,1-2H3. The molecule has 0 heterocycles. The highest BCUT2D eigenvalue weighted by atomic mass is 19.4. The Morgan fingerprint density at radius 1 is 0.941 bits per heavy atom. The lowest BCUT2D eigenvalue weighted by Gasteiger charge is -2.31. The van der Waals surface area contributed by atoms with Crippen LogP contribution in [0.2, 0.25) is 0 Å². The Balaban J connectivity index is 5.01. The summed E-state index contributed by atoms with van der Waals surface area (Å²) in [5, 5.41) is 0. The number of rotatable bonds is 6. The maximum Gasteiger partial charge on any atom is 0.426 e. The lowest BCUT2D eigenvalue weighted by molar-refractivity contribution is -0.413. The molecule has 0 unspecified atom stereocenters. The van der Waals surface area contributed by atoms with Gasteiger partial charge in [0.25, 0.3) is 0 Å². The molecule has 0 saturated heterocycles. The van der Waals surface area contributed by atoms with Crippen LogP contribution >= 0.6 is 0 Å². The van der Waals surface area contributed by atoms with Gasteiger partial charge in [0.1, 0.15) is 0 Å². The highest BCUT2D eigenvalue weighted by molar-refractivity contribution is 4.93. The molecule has 0 radical (unpaired) electrons. The number of alkyl halides is 8. The van der Waals surface area contributed by atoms with Gasteiger partial charge >= 0.3 is 24.4 Å². The van der Waals surface area contributed by atoms with Crippen molar-refractivity contribution in [3.05, 3.63) is 0 Å². The first-order valence-corrected chi connectivity index (χ1v) is 4.41. The van der Waals surface area contributed by atoms with Crippen LogP contribution in [-0.2, 0) is 4.74 Å². The van der Waals surface area contributed by atoms with Crippen LogP contribution < -0.4 is 0 Å². The van der Waals surface area contributed by atoms with E-state index in [-0.39, 0.29) is 0 Å². The zero-order valence-electron chi connectivity index (χ0n) is 8.79. The average Bonchev–Trinajstić information content (AvgIpc) is 2.14. The molecule has 0 spiro atoms. The van der Waals surface area contributed by atoms with Crippen LogP contribution in [-0.4, -0.2) is 31.0 Å². The Hall–Kier alpha value is -0.600. The van der Waals surface area contributed by atoms with Crippen LogP contribution in [0.1, 0.15) is 13.8 Å². The molecular weight excluding hydrogens is 264 g/mol. The predicted octanol–water partition coefficient (Wildman–Crippen LogP) is 3.79. The summed E-state index contributed by atoms with van der Waals surface area (Å²) in [4.78, 5) is 0. The summed E-state index contributed by atoms with van der Waals surface area (Å²) in [6.45, 7) is 1.61. The molecule has 0 aliphatic heterocycles. The Morgan fingerprint density at radius 3 is 1.65 bits per heavy atom. The Kier molecular flexibility index (Phi) is 4.77. The van der Waals surface area contributed by atoms with Crippen LogP contribution in [0.3, 0.4) is 0 Å². The van der Waals surface area contributed by atoms with Gasteiger partial charge in [0, 0.05) is 0 Å². The summed E-state index contributed by atoms with van der Waals surface area (Å²) in [5.41, 5.74) is 0. The molecule has 1 nitrogen and oxygen atoms in total. The number of hydrogen-bond acceptors (Lipinski definition) is 1. The van der Waals surface area contributed by atoms with Crippen LogP contribution in [0.25, 0.3) is 0 Å². The summed E-state index contributed by atoms with van der Waals surface area (Å²) in [7, 11) is 0. The van der Waals surface area contributed by atoms with Gasteiger partial charge in [0.15, 0.2) is 0 Å². The van der Waals surface area contributed by atoms with E-state index in [1.54, 1.807) is 0 Å². The first-order valence-electron chi connectivity index (χ1n) is 4.41. The summed E-state index contributed by atoms with van der Waals surface area (Å²) in [6, 6.07) is 0. The van der Waals surface area contributed by atoms with Gasteiger partial charge in [-0.3, -0.25) is 0 Å². The molecular formula is C8H10F8O. The monoisotopic (exact) mass is 274 g/mol. The molecule has 0 aromatic carbocycles. The van der Waals surface area contributed by atoms with Crippen molar-refractivity contribution in [1.29, 1.82) is 0 Å². The largest absolute Gasteiger partial charge is 0.426 e. The number of halogens is 8. The maximum atomic E-state index is 12.6. The number of ether oxygens (including phenoxy) is 1. The van der Waals surface area contributed by atoms with Gasteiger partial charge in [-0.2, -0.15) is 26.3 Å². The second-order valence-electron chi connectivity index (χ2n) is 3.72. The fourth-order valence-corrected chi connectivity index (χ4v) is 0.693. The van der Waals surface area contributed by atoms with E-state index in [1.165, 1.54) is 13.8 Å². The molecule has 9 heteroatoms. The van der Waals surface area contributed by atoms with Gasteiger partial charge in [-0.1, -0.05) is 13.8 Å². The second kappa shape index (κ2) is 4.95. The highest BCUT2D eigenvalue weighted by Crippen LogP contribution is 2.48. The fourth-order valence-electron chi connectivity index (χ4n) is 0.693. The van der Waals surface area contributed by atoms with Crippen molar-refractivity contribution in [2.24, 2.45) is 5.92 Å². The smallest absolute Gasteiger partial charge is 0.315 e. The zero-order valence-corrected chi connectivity index (χ0v) is 8.79. The van der Waals surface area contributed by atoms with Crippen molar-refractivity contribution in [3.8, 4) is 0 Å². The van der Waals surface area contributed by atoms with Gasteiger partial charge in [0.2, 0.25) is 0 Å². The number of hydrogen-bond donors (Lipinski definition) is 0. The van der Waals surface area contributed by atoms with Crippen molar-refractivity contribution in [3.63, 3.8) is 0 Å². The van der Waals surface area contributed by atoms with Crippen molar-refractivity contribution < 1.29 is 39.9 Å². The molecule has 104 valence electrons. The lowest BCUT2D eigenvalue weighted by atomic mass is 10.1. The van der Waals surface area contributed by atoms with E-state index in [0.29, 0.717) is 0 Å². The fraction of sp³-hybridized carbons (Fsp3) is 1.00. The molecule has 0 atom stereocenters. The molecule has 0 aromatic rings. The van der Waals surface area contributed by atoms with Gasteiger partial charge in [-0.05, 0) is 5.92 Å². The summed E-state index contributed by atoms with van der Waals surface area (Å²) in [6.07, 6.45) is -10.6. The third-order valence-electron chi connectivity index (χ3n) is 1.66. The van der Waals surface area contributed by atoms with Gasteiger partial charge < -0.3 is 4.74 Å².